The lowest BCUT2D eigenvalue weighted by Gasteiger charge is -2.65. The Bertz CT molecular complexity index is 1220. The van der Waals surface area contributed by atoms with Crippen LogP contribution in [0.15, 0.2) is 11.6 Å². The van der Waals surface area contributed by atoms with Gasteiger partial charge in [0.05, 0.1) is 18.1 Å². The molecule has 2 heterocycles. The molecule has 5 fully saturated rings. The average molecular weight is 587 g/mol. The number of aliphatic hydroxyl groups is 2. The first-order valence-corrected chi connectivity index (χ1v) is 15.5. The molecule has 0 unspecified atom stereocenters. The molecule has 0 aromatic heterocycles. The van der Waals surface area contributed by atoms with Gasteiger partial charge in [-0.1, -0.05) is 13.8 Å². The standard InChI is InChI=1S/C31H42N2O9/c1-29-11-9-19(32-24(35)5-8-27(38)42-33-25(36)6-7-26(33)37)14-18(29)3-4-21-22(29)15-23(34)30(2)20(10-12-31(21,30)40)17-13-28(39)41-16-17/h13,18-23,34,40H,3-12,14-16H2,1-2H3,(H,32,35)/t18-,19+,20-,21-,22-,23-,29+,30+,31+/m1/s1. The zero-order valence-electron chi connectivity index (χ0n) is 24.4. The van der Waals surface area contributed by atoms with Gasteiger partial charge in [-0.25, -0.2) is 9.59 Å². The van der Waals surface area contributed by atoms with Crippen molar-refractivity contribution in [3.05, 3.63) is 11.6 Å². The van der Waals surface area contributed by atoms with Crippen molar-refractivity contribution >= 4 is 29.7 Å². The molecular weight excluding hydrogens is 544 g/mol. The highest BCUT2D eigenvalue weighted by Crippen LogP contribution is 2.69. The van der Waals surface area contributed by atoms with E-state index in [1.165, 1.54) is 0 Å². The predicted molar refractivity (Wildman–Crippen MR) is 145 cm³/mol. The third-order valence-electron chi connectivity index (χ3n) is 12.2. The molecule has 11 nitrogen and oxygen atoms in total. The number of amides is 3. The highest BCUT2D eigenvalue weighted by molar-refractivity contribution is 6.01. The number of hydrogen-bond donors (Lipinski definition) is 3. The van der Waals surface area contributed by atoms with Crippen molar-refractivity contribution in [3.63, 3.8) is 0 Å². The first kappa shape index (κ1) is 29.3. The number of carbonyl (C=O) groups is 5. The van der Waals surface area contributed by atoms with Crippen molar-refractivity contribution < 1.29 is 43.8 Å². The predicted octanol–water partition coefficient (Wildman–Crippen LogP) is 2.09. The molecule has 9 atom stereocenters. The normalized spacial score (nSPS) is 42.8. The molecule has 11 heteroatoms. The van der Waals surface area contributed by atoms with Gasteiger partial charge in [-0.3, -0.25) is 14.4 Å². The summed E-state index contributed by atoms with van der Waals surface area (Å²) in [7, 11) is 0. The van der Waals surface area contributed by atoms with Crippen LogP contribution >= 0.6 is 0 Å². The maximum atomic E-state index is 12.7. The summed E-state index contributed by atoms with van der Waals surface area (Å²) < 4.78 is 5.19. The van der Waals surface area contributed by atoms with Crippen molar-refractivity contribution in [2.45, 2.75) is 109 Å². The monoisotopic (exact) mass is 586 g/mol. The Labute approximate surface area is 245 Å². The summed E-state index contributed by atoms with van der Waals surface area (Å²) in [5, 5.41) is 27.6. The van der Waals surface area contributed by atoms with E-state index in [1.54, 1.807) is 6.08 Å². The lowest BCUT2D eigenvalue weighted by atomic mass is 9.42. The molecule has 0 spiro atoms. The van der Waals surface area contributed by atoms with Gasteiger partial charge in [-0.2, -0.15) is 0 Å². The maximum absolute atomic E-state index is 12.7. The lowest BCUT2D eigenvalue weighted by molar-refractivity contribution is -0.243. The van der Waals surface area contributed by atoms with Crippen molar-refractivity contribution in [1.29, 1.82) is 0 Å². The number of rotatable bonds is 6. The molecule has 1 saturated heterocycles. The average Bonchev–Trinajstić information content (AvgIpc) is 3.60. The number of cyclic esters (lactones) is 1. The van der Waals surface area contributed by atoms with E-state index in [2.05, 4.69) is 12.2 Å². The fourth-order valence-electron chi connectivity index (χ4n) is 9.84. The first-order valence-electron chi connectivity index (χ1n) is 15.5. The summed E-state index contributed by atoms with van der Waals surface area (Å²) in [4.78, 5) is 64.7. The van der Waals surface area contributed by atoms with Crippen LogP contribution in [-0.4, -0.2) is 69.3 Å². The summed E-state index contributed by atoms with van der Waals surface area (Å²) in [5.74, 6) is -2.06. The highest BCUT2D eigenvalue weighted by atomic mass is 16.7. The minimum absolute atomic E-state index is 0.0178. The van der Waals surface area contributed by atoms with Crippen molar-refractivity contribution in [1.82, 2.24) is 10.4 Å². The van der Waals surface area contributed by atoms with E-state index >= 15 is 0 Å². The Morgan fingerprint density at radius 1 is 1.02 bits per heavy atom. The van der Waals surface area contributed by atoms with Crippen LogP contribution in [0.2, 0.25) is 0 Å². The molecule has 0 bridgehead atoms. The van der Waals surface area contributed by atoms with Gasteiger partial charge < -0.3 is 25.1 Å². The zero-order valence-corrected chi connectivity index (χ0v) is 24.4. The number of esters is 1. The van der Waals surface area contributed by atoms with Gasteiger partial charge in [-0.15, -0.1) is 5.06 Å². The van der Waals surface area contributed by atoms with Crippen LogP contribution in [0.3, 0.4) is 0 Å². The van der Waals surface area contributed by atoms with Crippen LogP contribution in [0.5, 0.6) is 0 Å². The van der Waals surface area contributed by atoms with E-state index in [1.807, 2.05) is 6.92 Å². The van der Waals surface area contributed by atoms with E-state index in [4.69, 9.17) is 9.57 Å². The Morgan fingerprint density at radius 3 is 2.45 bits per heavy atom. The number of fused-ring (bicyclic) bond motifs is 5. The van der Waals surface area contributed by atoms with E-state index in [0.717, 1.165) is 44.1 Å². The summed E-state index contributed by atoms with van der Waals surface area (Å²) in [5.41, 5.74) is -0.952. The van der Waals surface area contributed by atoms with Gasteiger partial charge in [0.1, 0.15) is 6.61 Å². The molecule has 230 valence electrons. The zero-order chi connectivity index (χ0) is 30.0. The van der Waals surface area contributed by atoms with E-state index < -0.39 is 34.9 Å². The number of hydrogen-bond acceptors (Lipinski definition) is 9. The molecule has 3 amide bonds. The second-order valence-electron chi connectivity index (χ2n) is 14.0. The number of imide groups is 1. The number of hydroxylamine groups is 2. The number of carbonyl (C=O) groups excluding carboxylic acids is 5. The van der Waals surface area contributed by atoms with Crippen LogP contribution in [0.4, 0.5) is 0 Å². The first-order chi connectivity index (χ1) is 19.9. The van der Waals surface area contributed by atoms with Crippen LogP contribution in [0, 0.1) is 34.5 Å². The van der Waals surface area contributed by atoms with Gasteiger partial charge >= 0.3 is 11.9 Å². The van der Waals surface area contributed by atoms with Gasteiger partial charge in [0.15, 0.2) is 0 Å². The quantitative estimate of drug-likeness (QED) is 0.313. The lowest BCUT2D eigenvalue weighted by Crippen LogP contribution is -2.67. The highest BCUT2D eigenvalue weighted by Gasteiger charge is 2.70. The molecule has 0 radical (unpaired) electrons. The van der Waals surface area contributed by atoms with Gasteiger partial charge in [-0.05, 0) is 86.0 Å². The van der Waals surface area contributed by atoms with Crippen molar-refractivity contribution in [2.24, 2.45) is 34.5 Å². The molecule has 3 N–H and O–H groups in total. The molecular formula is C31H42N2O9. The van der Waals surface area contributed by atoms with Crippen LogP contribution in [0.1, 0.15) is 90.9 Å². The third-order valence-corrected chi connectivity index (χ3v) is 12.2. The van der Waals surface area contributed by atoms with Gasteiger partial charge in [0, 0.05) is 36.8 Å². The maximum Gasteiger partial charge on any atom is 0.333 e. The van der Waals surface area contributed by atoms with Gasteiger partial charge in [0.2, 0.25) is 5.91 Å². The summed E-state index contributed by atoms with van der Waals surface area (Å²) >= 11 is 0. The van der Waals surface area contributed by atoms with Crippen LogP contribution in [-0.2, 0) is 33.5 Å². The fourth-order valence-corrected chi connectivity index (χ4v) is 9.84. The van der Waals surface area contributed by atoms with E-state index in [0.29, 0.717) is 23.8 Å². The number of aliphatic hydroxyl groups excluding tert-OH is 1. The number of nitrogens with zero attached hydrogens (tertiary/aromatic N) is 1. The summed E-state index contributed by atoms with van der Waals surface area (Å²) in [6, 6.07) is -0.0329. The molecule has 2 aliphatic heterocycles. The fraction of sp³-hybridized carbons (Fsp3) is 0.774. The summed E-state index contributed by atoms with van der Waals surface area (Å²) in [6.07, 6.45) is 6.70. The molecule has 6 rings (SSSR count). The minimum atomic E-state index is -1.02. The second kappa shape index (κ2) is 10.4. The van der Waals surface area contributed by atoms with E-state index in [9.17, 15) is 34.2 Å². The topological polar surface area (TPSA) is 160 Å². The number of ether oxygens (including phenoxy) is 1. The van der Waals surface area contributed by atoms with Gasteiger partial charge in [0.25, 0.3) is 11.8 Å². The minimum Gasteiger partial charge on any atom is -0.458 e. The number of nitrogens with one attached hydrogen (secondary N) is 1. The van der Waals surface area contributed by atoms with E-state index in [-0.39, 0.29) is 73.4 Å². The Kier molecular flexibility index (Phi) is 7.28. The molecule has 42 heavy (non-hydrogen) atoms. The van der Waals surface area contributed by atoms with Crippen molar-refractivity contribution in [3.8, 4) is 0 Å². The summed E-state index contributed by atoms with van der Waals surface area (Å²) in [6.45, 7) is 4.54. The van der Waals surface area contributed by atoms with Crippen LogP contribution < -0.4 is 5.32 Å². The smallest absolute Gasteiger partial charge is 0.333 e. The Balaban J connectivity index is 1.07. The molecule has 4 saturated carbocycles. The van der Waals surface area contributed by atoms with Crippen molar-refractivity contribution in [2.75, 3.05) is 6.61 Å². The SMILES string of the molecule is C[C@]12CC[C@H](NC(=O)CCC(=O)ON3C(=O)CCC3=O)C[C@H]1CC[C@@H]1[C@H]2C[C@@H](O)[C@]2(C)[C@@H](C3=CC(=O)OC3)CC[C@]12O. The van der Waals surface area contributed by atoms with Crippen LogP contribution in [0.25, 0.3) is 0 Å². The second-order valence-corrected chi connectivity index (χ2v) is 14.0. The molecule has 0 aromatic rings. The third kappa shape index (κ3) is 4.49. The Hall–Kier alpha value is -2.79. The molecule has 4 aliphatic carbocycles. The molecule has 0 aromatic carbocycles. The molecule has 6 aliphatic rings. The Morgan fingerprint density at radius 2 is 1.76 bits per heavy atom. The largest absolute Gasteiger partial charge is 0.458 e.